The van der Waals surface area contributed by atoms with Crippen LogP contribution in [0.25, 0.3) is 32.7 Å². The molecule has 0 saturated carbocycles. The van der Waals surface area contributed by atoms with Gasteiger partial charge in [-0.15, -0.1) is 0 Å². The molecule has 7 aromatic carbocycles. The summed E-state index contributed by atoms with van der Waals surface area (Å²) >= 11 is 0. The molecule has 0 radical (unpaired) electrons. The van der Waals surface area contributed by atoms with Crippen LogP contribution < -0.4 is 20.6 Å². The first kappa shape index (κ1) is 26.2. The van der Waals surface area contributed by atoms with Gasteiger partial charge in [-0.05, 0) is 62.5 Å². The van der Waals surface area contributed by atoms with Gasteiger partial charge in [-0.1, -0.05) is 142 Å². The van der Waals surface area contributed by atoms with Crippen molar-refractivity contribution in [2.75, 3.05) is 9.71 Å². The fraction of sp³-hybridized carbons (Fsp3) is 0.0952. The molecule has 45 heavy (non-hydrogen) atoms. The topological polar surface area (TPSA) is 6.48 Å². The predicted octanol–water partition coefficient (Wildman–Crippen LogP) is 10.00. The Morgan fingerprint density at radius 3 is 1.87 bits per heavy atom. The first-order chi connectivity index (χ1) is 22.0. The van der Waals surface area contributed by atoms with Crippen LogP contribution >= 0.6 is 0 Å². The second-order valence-corrected chi connectivity index (χ2v) is 13.4. The minimum Gasteiger partial charge on any atom is -0.376 e. The van der Waals surface area contributed by atoms with Crippen molar-refractivity contribution >= 4 is 67.8 Å². The second-order valence-electron chi connectivity index (χ2n) is 13.4. The molecular weight excluding hydrogens is 543 g/mol. The zero-order valence-corrected chi connectivity index (χ0v) is 25.8. The Kier molecular flexibility index (Phi) is 5.59. The second kappa shape index (κ2) is 9.61. The summed E-state index contributed by atoms with van der Waals surface area (Å²) in [5.74, 6) is 0. The fourth-order valence-corrected chi connectivity index (χ4v) is 7.83. The summed E-state index contributed by atoms with van der Waals surface area (Å²) in [5, 5.41) is 5.05. The first-order valence-electron chi connectivity index (χ1n) is 15.9. The van der Waals surface area contributed by atoms with Gasteiger partial charge in [0.1, 0.15) is 0 Å². The maximum Gasteiger partial charge on any atom is 0.333 e. The molecule has 0 saturated heterocycles. The van der Waals surface area contributed by atoms with Gasteiger partial charge in [-0.25, -0.2) is 0 Å². The largest absolute Gasteiger partial charge is 0.376 e. The Balaban J connectivity index is 1.42. The lowest BCUT2D eigenvalue weighted by atomic mass is 9.43. The van der Waals surface area contributed by atoms with Gasteiger partial charge in [0, 0.05) is 39.1 Å². The Labute approximate surface area is 265 Å². The van der Waals surface area contributed by atoms with Crippen LogP contribution in [0.5, 0.6) is 0 Å². The van der Waals surface area contributed by atoms with Crippen LogP contribution in [0.1, 0.15) is 26.3 Å². The van der Waals surface area contributed by atoms with E-state index in [4.69, 9.17) is 0 Å². The molecule has 0 amide bonds. The van der Waals surface area contributed by atoms with Crippen molar-refractivity contribution < 1.29 is 0 Å². The van der Waals surface area contributed by atoms with Crippen LogP contribution in [0.4, 0.5) is 28.4 Å². The molecule has 9 rings (SSSR count). The average Bonchev–Trinajstić information content (AvgIpc) is 3.07. The zero-order chi connectivity index (χ0) is 30.3. The molecule has 2 aliphatic rings. The van der Waals surface area contributed by atoms with Crippen molar-refractivity contribution in [2.45, 2.75) is 26.2 Å². The van der Waals surface area contributed by atoms with Crippen LogP contribution in [0, 0.1) is 0 Å². The molecule has 214 valence electrons. The normalized spacial score (nSPS) is 13.5. The van der Waals surface area contributed by atoms with Crippen LogP contribution in [0.2, 0.25) is 0 Å². The molecule has 0 aliphatic carbocycles. The highest BCUT2D eigenvalue weighted by molar-refractivity contribution is 6.93. The van der Waals surface area contributed by atoms with E-state index in [1.807, 2.05) is 0 Å². The number of nitrogens with zero attached hydrogens (tertiary/aromatic N) is 2. The quantitative estimate of drug-likeness (QED) is 0.189. The predicted molar refractivity (Wildman–Crippen MR) is 194 cm³/mol. The number of para-hydroxylation sites is 2. The van der Waals surface area contributed by atoms with E-state index >= 15 is 0 Å². The van der Waals surface area contributed by atoms with Gasteiger partial charge in [0.05, 0.1) is 5.69 Å². The summed E-state index contributed by atoms with van der Waals surface area (Å²) in [7, 11) is 0. The summed E-state index contributed by atoms with van der Waals surface area (Å²) in [4.78, 5) is 5.18. The van der Waals surface area contributed by atoms with Gasteiger partial charge in [0.25, 0.3) is 0 Å². The highest BCUT2D eigenvalue weighted by Crippen LogP contribution is 2.50. The van der Waals surface area contributed by atoms with Crippen molar-refractivity contribution in [3.8, 4) is 11.1 Å². The van der Waals surface area contributed by atoms with Crippen LogP contribution in [-0.4, -0.2) is 6.85 Å². The molecule has 0 aromatic heterocycles. The molecule has 2 heterocycles. The third kappa shape index (κ3) is 3.77. The van der Waals surface area contributed by atoms with Gasteiger partial charge < -0.3 is 9.71 Å². The van der Waals surface area contributed by atoms with Crippen LogP contribution in [0.15, 0.2) is 146 Å². The summed E-state index contributed by atoms with van der Waals surface area (Å²) in [6.07, 6.45) is 0. The SMILES string of the molecule is CC(C)(C)c1ccc2ccccc2c1N1c2ccccc2B2c3c(cccc31)-c1ccccc1N2c1cccc2ccccc12. The van der Waals surface area contributed by atoms with Crippen molar-refractivity contribution in [3.63, 3.8) is 0 Å². The zero-order valence-electron chi connectivity index (χ0n) is 25.8. The molecule has 2 aliphatic heterocycles. The standard InChI is InChI=1S/C42H33BN2/c1-42(2,3)34-27-26-29-15-5-7-18-31(29)41(34)44-38-23-11-9-21-35(38)43-40-33(20-13-25-39(40)44)32-19-8-10-22-37(32)45(43)36-24-12-16-28-14-4-6-17-30(28)36/h4-27H,1-3H3. The smallest absolute Gasteiger partial charge is 0.333 e. The Morgan fingerprint density at radius 2 is 1.04 bits per heavy atom. The number of hydrogen-bond donors (Lipinski definition) is 0. The molecule has 0 spiro atoms. The molecular formula is C42H33BN2. The highest BCUT2D eigenvalue weighted by atomic mass is 15.2. The third-order valence-electron chi connectivity index (χ3n) is 9.74. The number of hydrogen-bond acceptors (Lipinski definition) is 2. The molecule has 2 nitrogen and oxygen atoms in total. The third-order valence-corrected chi connectivity index (χ3v) is 9.74. The van der Waals surface area contributed by atoms with E-state index in [2.05, 4.69) is 176 Å². The molecule has 0 fully saturated rings. The van der Waals surface area contributed by atoms with Gasteiger partial charge in [-0.2, -0.15) is 0 Å². The number of benzene rings is 7. The highest BCUT2D eigenvalue weighted by Gasteiger charge is 2.45. The molecule has 0 N–H and O–H groups in total. The minimum atomic E-state index is -0.0540. The van der Waals surface area contributed by atoms with E-state index in [0.29, 0.717) is 0 Å². The van der Waals surface area contributed by atoms with E-state index < -0.39 is 0 Å². The van der Waals surface area contributed by atoms with E-state index in [1.165, 1.54) is 77.6 Å². The lowest BCUT2D eigenvalue weighted by Crippen LogP contribution is -2.61. The van der Waals surface area contributed by atoms with E-state index in [-0.39, 0.29) is 12.3 Å². The lowest BCUT2D eigenvalue weighted by molar-refractivity contribution is 0.592. The Morgan fingerprint density at radius 1 is 0.467 bits per heavy atom. The van der Waals surface area contributed by atoms with E-state index in [0.717, 1.165) is 0 Å². The number of anilines is 5. The molecule has 0 bridgehead atoms. The summed E-state index contributed by atoms with van der Waals surface area (Å²) in [6, 6.07) is 53.9. The number of rotatable bonds is 2. The number of fused-ring (bicyclic) bond motifs is 6. The average molecular weight is 577 g/mol. The fourth-order valence-electron chi connectivity index (χ4n) is 7.83. The Hall–Kier alpha value is -5.28. The Bertz CT molecular complexity index is 2290. The molecule has 0 atom stereocenters. The first-order valence-corrected chi connectivity index (χ1v) is 15.9. The van der Waals surface area contributed by atoms with Crippen molar-refractivity contribution in [1.29, 1.82) is 0 Å². The maximum atomic E-state index is 2.60. The maximum absolute atomic E-state index is 2.60. The van der Waals surface area contributed by atoms with Gasteiger partial charge in [0.2, 0.25) is 0 Å². The summed E-state index contributed by atoms with van der Waals surface area (Å²) in [6.45, 7) is 7.01. The van der Waals surface area contributed by atoms with Crippen molar-refractivity contribution in [3.05, 3.63) is 151 Å². The molecule has 0 unspecified atom stereocenters. The monoisotopic (exact) mass is 576 g/mol. The van der Waals surface area contributed by atoms with E-state index in [1.54, 1.807) is 0 Å². The van der Waals surface area contributed by atoms with E-state index in [9.17, 15) is 0 Å². The van der Waals surface area contributed by atoms with Gasteiger partial charge in [-0.3, -0.25) is 0 Å². The lowest BCUT2D eigenvalue weighted by Gasteiger charge is -2.46. The molecule has 3 heteroatoms. The minimum absolute atomic E-state index is 0.0115. The summed E-state index contributed by atoms with van der Waals surface area (Å²) < 4.78 is 0. The van der Waals surface area contributed by atoms with Gasteiger partial charge >= 0.3 is 6.85 Å². The van der Waals surface area contributed by atoms with Crippen LogP contribution in [-0.2, 0) is 5.41 Å². The van der Waals surface area contributed by atoms with Crippen LogP contribution in [0.3, 0.4) is 0 Å². The molecule has 7 aromatic rings. The van der Waals surface area contributed by atoms with Crippen molar-refractivity contribution in [2.24, 2.45) is 0 Å². The van der Waals surface area contributed by atoms with Crippen molar-refractivity contribution in [1.82, 2.24) is 0 Å². The van der Waals surface area contributed by atoms with Gasteiger partial charge in [0.15, 0.2) is 0 Å². The summed E-state index contributed by atoms with van der Waals surface area (Å²) in [5.41, 5.74) is 12.8.